The Kier molecular flexibility index (Phi) is 6.99. The lowest BCUT2D eigenvalue weighted by Crippen LogP contribution is -2.34. The van der Waals surface area contributed by atoms with Gasteiger partial charge in [0, 0.05) is 18.4 Å². The maximum atomic E-state index is 11.5. The standard InChI is InChI=1S/C8H18BrNO2S/c1-3-5-7-10(8-6-9)13(11,12)4-2/h3-8H2,1-2H3. The lowest BCUT2D eigenvalue weighted by atomic mass is 10.3. The first-order valence-electron chi connectivity index (χ1n) is 4.62. The van der Waals surface area contributed by atoms with Gasteiger partial charge in [-0.15, -0.1) is 0 Å². The van der Waals surface area contributed by atoms with E-state index in [4.69, 9.17) is 0 Å². The summed E-state index contributed by atoms with van der Waals surface area (Å²) in [5.41, 5.74) is 0. The topological polar surface area (TPSA) is 37.4 Å². The Morgan fingerprint density at radius 3 is 2.23 bits per heavy atom. The Labute approximate surface area is 89.7 Å². The molecule has 0 rings (SSSR count). The predicted molar refractivity (Wildman–Crippen MR) is 59.7 cm³/mol. The van der Waals surface area contributed by atoms with E-state index in [0.717, 1.165) is 12.8 Å². The van der Waals surface area contributed by atoms with Gasteiger partial charge in [0.2, 0.25) is 10.0 Å². The summed E-state index contributed by atoms with van der Waals surface area (Å²) < 4.78 is 24.6. The van der Waals surface area contributed by atoms with E-state index in [-0.39, 0.29) is 5.75 Å². The Bertz CT molecular complexity index is 216. The minimum Gasteiger partial charge on any atom is -0.212 e. The predicted octanol–water partition coefficient (Wildman–Crippen LogP) is 1.83. The molecule has 0 atom stereocenters. The third-order valence-electron chi connectivity index (χ3n) is 1.85. The molecule has 0 saturated heterocycles. The van der Waals surface area contributed by atoms with Gasteiger partial charge in [0.25, 0.3) is 0 Å². The zero-order valence-electron chi connectivity index (χ0n) is 8.29. The van der Waals surface area contributed by atoms with Crippen molar-refractivity contribution in [3.63, 3.8) is 0 Å². The molecule has 0 unspecified atom stereocenters. The molecule has 0 aliphatic rings. The fourth-order valence-electron chi connectivity index (χ4n) is 1.00. The van der Waals surface area contributed by atoms with Crippen LogP contribution in [0.3, 0.4) is 0 Å². The highest BCUT2D eigenvalue weighted by atomic mass is 79.9. The second kappa shape index (κ2) is 6.79. The zero-order valence-corrected chi connectivity index (χ0v) is 10.7. The van der Waals surface area contributed by atoms with Gasteiger partial charge >= 0.3 is 0 Å². The first-order chi connectivity index (χ1) is 6.08. The summed E-state index contributed by atoms with van der Waals surface area (Å²) >= 11 is 3.26. The van der Waals surface area contributed by atoms with Crippen molar-refractivity contribution in [2.75, 3.05) is 24.2 Å². The van der Waals surface area contributed by atoms with Crippen molar-refractivity contribution in [1.82, 2.24) is 4.31 Å². The highest BCUT2D eigenvalue weighted by Crippen LogP contribution is 2.04. The average Bonchev–Trinajstić information content (AvgIpc) is 2.12. The Morgan fingerprint density at radius 1 is 1.23 bits per heavy atom. The summed E-state index contributed by atoms with van der Waals surface area (Å²) in [5, 5.41) is 0.704. The third kappa shape index (κ3) is 4.98. The molecule has 0 bridgehead atoms. The van der Waals surface area contributed by atoms with E-state index in [9.17, 15) is 8.42 Å². The maximum Gasteiger partial charge on any atom is 0.213 e. The lowest BCUT2D eigenvalue weighted by Gasteiger charge is -2.19. The average molecular weight is 272 g/mol. The Morgan fingerprint density at radius 2 is 1.85 bits per heavy atom. The Balaban J connectivity index is 4.23. The van der Waals surface area contributed by atoms with Crippen molar-refractivity contribution in [2.45, 2.75) is 26.7 Å². The molecular formula is C8H18BrNO2S. The van der Waals surface area contributed by atoms with Crippen molar-refractivity contribution < 1.29 is 8.42 Å². The number of nitrogens with zero attached hydrogens (tertiary/aromatic N) is 1. The number of unbranched alkanes of at least 4 members (excludes halogenated alkanes) is 1. The Hall–Kier alpha value is 0.390. The van der Waals surface area contributed by atoms with Crippen molar-refractivity contribution in [3.05, 3.63) is 0 Å². The molecule has 13 heavy (non-hydrogen) atoms. The molecule has 0 heterocycles. The summed E-state index contributed by atoms with van der Waals surface area (Å²) in [7, 11) is -2.99. The smallest absolute Gasteiger partial charge is 0.212 e. The van der Waals surface area contributed by atoms with E-state index >= 15 is 0 Å². The van der Waals surface area contributed by atoms with Crippen LogP contribution in [0, 0.1) is 0 Å². The van der Waals surface area contributed by atoms with Crippen molar-refractivity contribution in [2.24, 2.45) is 0 Å². The SMILES string of the molecule is CCCCN(CCBr)S(=O)(=O)CC. The third-order valence-corrected chi connectivity index (χ3v) is 4.09. The first kappa shape index (κ1) is 13.4. The quantitative estimate of drug-likeness (QED) is 0.663. The van der Waals surface area contributed by atoms with Crippen LogP contribution in [0.5, 0.6) is 0 Å². The van der Waals surface area contributed by atoms with Crippen LogP contribution in [0.2, 0.25) is 0 Å². The van der Waals surface area contributed by atoms with E-state index in [1.165, 1.54) is 0 Å². The monoisotopic (exact) mass is 271 g/mol. The van der Waals surface area contributed by atoms with Gasteiger partial charge in [-0.05, 0) is 13.3 Å². The van der Waals surface area contributed by atoms with Gasteiger partial charge in [-0.3, -0.25) is 0 Å². The number of alkyl halides is 1. The summed E-state index contributed by atoms with van der Waals surface area (Å²) in [6, 6.07) is 0. The molecule has 0 aliphatic heterocycles. The first-order valence-corrected chi connectivity index (χ1v) is 7.35. The van der Waals surface area contributed by atoms with Gasteiger partial charge < -0.3 is 0 Å². The van der Waals surface area contributed by atoms with Crippen LogP contribution in [0.4, 0.5) is 0 Å². The normalized spacial score (nSPS) is 12.3. The van der Waals surface area contributed by atoms with Gasteiger partial charge in [-0.25, -0.2) is 12.7 Å². The molecule has 0 aliphatic carbocycles. The second-order valence-corrected chi connectivity index (χ2v) is 5.89. The molecule has 0 fully saturated rings. The van der Waals surface area contributed by atoms with E-state index in [1.807, 2.05) is 0 Å². The zero-order chi connectivity index (χ0) is 10.3. The maximum absolute atomic E-state index is 11.5. The van der Waals surface area contributed by atoms with Gasteiger partial charge in [0.05, 0.1) is 5.75 Å². The minimum atomic E-state index is -2.99. The van der Waals surface area contributed by atoms with Gasteiger partial charge in [0.1, 0.15) is 0 Å². The molecule has 0 aromatic carbocycles. The van der Waals surface area contributed by atoms with Gasteiger partial charge in [-0.1, -0.05) is 29.3 Å². The van der Waals surface area contributed by atoms with E-state index in [1.54, 1.807) is 11.2 Å². The number of hydrogen-bond donors (Lipinski definition) is 0. The summed E-state index contributed by atoms with van der Waals surface area (Å²) in [6.45, 7) is 4.97. The molecule has 0 spiro atoms. The summed E-state index contributed by atoms with van der Waals surface area (Å²) in [6.07, 6.45) is 1.96. The van der Waals surface area contributed by atoms with Crippen LogP contribution in [0.15, 0.2) is 0 Å². The highest BCUT2D eigenvalue weighted by molar-refractivity contribution is 9.09. The molecule has 0 saturated carbocycles. The fourth-order valence-corrected chi connectivity index (χ4v) is 2.81. The van der Waals surface area contributed by atoms with Crippen molar-refractivity contribution in [3.8, 4) is 0 Å². The molecule has 80 valence electrons. The van der Waals surface area contributed by atoms with Crippen LogP contribution in [-0.4, -0.2) is 36.9 Å². The molecular weight excluding hydrogens is 254 g/mol. The van der Waals surface area contributed by atoms with E-state index in [2.05, 4.69) is 22.9 Å². The lowest BCUT2D eigenvalue weighted by molar-refractivity contribution is 0.423. The van der Waals surface area contributed by atoms with Crippen molar-refractivity contribution in [1.29, 1.82) is 0 Å². The molecule has 0 radical (unpaired) electrons. The van der Waals surface area contributed by atoms with Crippen LogP contribution >= 0.6 is 15.9 Å². The fraction of sp³-hybridized carbons (Fsp3) is 1.00. The van der Waals surface area contributed by atoms with Crippen LogP contribution in [-0.2, 0) is 10.0 Å². The number of rotatable bonds is 7. The number of halogens is 1. The molecule has 0 aromatic rings. The summed E-state index contributed by atoms with van der Waals surface area (Å²) in [5.74, 6) is 0.198. The summed E-state index contributed by atoms with van der Waals surface area (Å²) in [4.78, 5) is 0. The van der Waals surface area contributed by atoms with Gasteiger partial charge in [0.15, 0.2) is 0 Å². The molecule has 3 nitrogen and oxygen atoms in total. The van der Waals surface area contributed by atoms with Crippen LogP contribution in [0.1, 0.15) is 26.7 Å². The molecule has 0 aromatic heterocycles. The number of sulfonamides is 1. The second-order valence-electron chi connectivity index (χ2n) is 2.84. The van der Waals surface area contributed by atoms with E-state index < -0.39 is 10.0 Å². The van der Waals surface area contributed by atoms with Crippen LogP contribution < -0.4 is 0 Å². The highest BCUT2D eigenvalue weighted by Gasteiger charge is 2.17. The molecule has 0 N–H and O–H groups in total. The largest absolute Gasteiger partial charge is 0.213 e. The minimum absolute atomic E-state index is 0.198. The van der Waals surface area contributed by atoms with Crippen LogP contribution in [0.25, 0.3) is 0 Å². The number of hydrogen-bond acceptors (Lipinski definition) is 2. The van der Waals surface area contributed by atoms with E-state index in [0.29, 0.717) is 18.4 Å². The molecule has 0 amide bonds. The van der Waals surface area contributed by atoms with Crippen molar-refractivity contribution >= 4 is 26.0 Å². The van der Waals surface area contributed by atoms with Gasteiger partial charge in [-0.2, -0.15) is 0 Å². The molecule has 5 heteroatoms.